The van der Waals surface area contributed by atoms with Gasteiger partial charge in [-0.2, -0.15) is 0 Å². The van der Waals surface area contributed by atoms with Crippen LogP contribution in [0.15, 0.2) is 72.8 Å². The molecule has 1 N–H and O–H groups in total. The molecular weight excluding hydrogens is 369 g/mol. The Hall–Kier alpha value is -2.49. The number of Topliss-reactive ketones (excluding diaryl/α,β-unsaturated/α-hetero) is 1. The van der Waals surface area contributed by atoms with Crippen LogP contribution in [0.3, 0.4) is 0 Å². The van der Waals surface area contributed by atoms with Crippen molar-refractivity contribution in [2.75, 3.05) is 11.9 Å². The Balaban J connectivity index is 1.50. The number of para-hydroxylation sites is 1. The van der Waals surface area contributed by atoms with E-state index in [1.165, 1.54) is 0 Å². The van der Waals surface area contributed by atoms with E-state index in [1.807, 2.05) is 54.6 Å². The first-order chi connectivity index (χ1) is 12.6. The number of hydrogen-bond acceptors (Lipinski definition) is 3. The van der Waals surface area contributed by atoms with Crippen molar-refractivity contribution in [3.05, 3.63) is 88.4 Å². The summed E-state index contributed by atoms with van der Waals surface area (Å²) in [6.07, 6.45) is 0.361. The van der Waals surface area contributed by atoms with E-state index < -0.39 is 0 Å². The number of ether oxygens (including phenoxy) is 1. The minimum absolute atomic E-state index is 0.0140. The van der Waals surface area contributed by atoms with Gasteiger partial charge in [-0.05, 0) is 54.6 Å². The highest BCUT2D eigenvalue weighted by Gasteiger charge is 2.08. The molecule has 0 saturated heterocycles. The number of anilines is 1. The molecule has 0 aliphatic carbocycles. The molecule has 0 aromatic heterocycles. The van der Waals surface area contributed by atoms with E-state index >= 15 is 0 Å². The van der Waals surface area contributed by atoms with Gasteiger partial charge in [0.1, 0.15) is 11.5 Å². The van der Waals surface area contributed by atoms with E-state index in [-0.39, 0.29) is 5.78 Å². The highest BCUT2D eigenvalue weighted by Crippen LogP contribution is 2.24. The van der Waals surface area contributed by atoms with Crippen molar-refractivity contribution >= 4 is 34.7 Å². The van der Waals surface area contributed by atoms with Gasteiger partial charge < -0.3 is 10.1 Å². The normalized spacial score (nSPS) is 10.4. The summed E-state index contributed by atoms with van der Waals surface area (Å²) in [6, 6.07) is 22.1. The van der Waals surface area contributed by atoms with E-state index in [1.54, 1.807) is 18.2 Å². The molecule has 0 saturated carbocycles. The van der Waals surface area contributed by atoms with Crippen LogP contribution in [0.5, 0.6) is 11.5 Å². The molecule has 0 spiro atoms. The summed E-state index contributed by atoms with van der Waals surface area (Å²) < 4.78 is 5.75. The summed E-state index contributed by atoms with van der Waals surface area (Å²) in [6.45, 7) is 0.526. The van der Waals surface area contributed by atoms with Gasteiger partial charge in [-0.25, -0.2) is 0 Å². The molecule has 26 heavy (non-hydrogen) atoms. The Bertz CT molecular complexity index is 880. The van der Waals surface area contributed by atoms with Crippen LogP contribution in [-0.2, 0) is 0 Å². The van der Waals surface area contributed by atoms with Gasteiger partial charge in [0.05, 0.1) is 10.0 Å². The second kappa shape index (κ2) is 8.75. The molecule has 132 valence electrons. The first kappa shape index (κ1) is 18.3. The third-order valence-electron chi connectivity index (χ3n) is 3.76. The van der Waals surface area contributed by atoms with Crippen LogP contribution in [0.25, 0.3) is 0 Å². The molecule has 0 aliphatic rings. The Morgan fingerprint density at radius 1 is 0.846 bits per heavy atom. The molecule has 3 aromatic carbocycles. The Kier molecular flexibility index (Phi) is 6.16. The summed E-state index contributed by atoms with van der Waals surface area (Å²) in [5, 5.41) is 4.06. The monoisotopic (exact) mass is 385 g/mol. The quantitative estimate of drug-likeness (QED) is 0.473. The molecule has 0 unspecified atom stereocenters. The predicted molar refractivity (Wildman–Crippen MR) is 107 cm³/mol. The van der Waals surface area contributed by atoms with Gasteiger partial charge in [0.25, 0.3) is 0 Å². The maximum absolute atomic E-state index is 12.2. The second-order valence-electron chi connectivity index (χ2n) is 5.67. The molecule has 3 aromatic rings. The zero-order valence-corrected chi connectivity index (χ0v) is 15.4. The molecule has 0 atom stereocenters. The van der Waals surface area contributed by atoms with Crippen LogP contribution < -0.4 is 10.1 Å². The zero-order valence-electron chi connectivity index (χ0n) is 13.9. The highest BCUT2D eigenvalue weighted by atomic mass is 35.5. The maximum Gasteiger partial charge on any atom is 0.164 e. The molecule has 0 aliphatic heterocycles. The minimum atomic E-state index is 0.0140. The zero-order chi connectivity index (χ0) is 18.4. The molecule has 0 fully saturated rings. The van der Waals surface area contributed by atoms with Gasteiger partial charge in [0.15, 0.2) is 5.78 Å². The van der Waals surface area contributed by atoms with Crippen molar-refractivity contribution in [2.24, 2.45) is 0 Å². The van der Waals surface area contributed by atoms with Crippen molar-refractivity contribution in [1.29, 1.82) is 0 Å². The number of nitrogens with one attached hydrogen (secondary N) is 1. The number of carbonyl (C=O) groups is 1. The van der Waals surface area contributed by atoms with E-state index in [2.05, 4.69) is 5.32 Å². The summed E-state index contributed by atoms with van der Waals surface area (Å²) in [5.74, 6) is 1.56. The lowest BCUT2D eigenvalue weighted by atomic mass is 10.1. The SMILES string of the molecule is O=C(CCNc1ccc(Oc2ccccc2)cc1)c1ccc(Cl)c(Cl)c1. The number of hydrogen-bond donors (Lipinski definition) is 1. The van der Waals surface area contributed by atoms with E-state index in [9.17, 15) is 4.79 Å². The van der Waals surface area contributed by atoms with Gasteiger partial charge in [-0.3, -0.25) is 4.79 Å². The average Bonchev–Trinajstić information content (AvgIpc) is 2.66. The van der Waals surface area contributed by atoms with Crippen LogP contribution in [0.2, 0.25) is 10.0 Å². The topological polar surface area (TPSA) is 38.3 Å². The van der Waals surface area contributed by atoms with Crippen LogP contribution in [-0.4, -0.2) is 12.3 Å². The van der Waals surface area contributed by atoms with Gasteiger partial charge in [-0.1, -0.05) is 41.4 Å². The first-order valence-corrected chi connectivity index (χ1v) is 8.92. The van der Waals surface area contributed by atoms with Crippen molar-refractivity contribution < 1.29 is 9.53 Å². The number of benzene rings is 3. The molecule has 5 heteroatoms. The van der Waals surface area contributed by atoms with E-state index in [0.717, 1.165) is 17.2 Å². The lowest BCUT2D eigenvalue weighted by molar-refractivity contribution is 0.0986. The fraction of sp³-hybridized carbons (Fsp3) is 0.0952. The third-order valence-corrected chi connectivity index (χ3v) is 4.50. The van der Waals surface area contributed by atoms with Gasteiger partial charge in [0, 0.05) is 24.2 Å². The smallest absolute Gasteiger partial charge is 0.164 e. The largest absolute Gasteiger partial charge is 0.457 e. The Morgan fingerprint density at radius 2 is 1.54 bits per heavy atom. The van der Waals surface area contributed by atoms with Crippen LogP contribution in [0.4, 0.5) is 5.69 Å². The Morgan fingerprint density at radius 3 is 2.23 bits per heavy atom. The number of carbonyl (C=O) groups excluding carboxylic acids is 1. The molecule has 3 rings (SSSR count). The van der Waals surface area contributed by atoms with Crippen molar-refractivity contribution in [1.82, 2.24) is 0 Å². The summed E-state index contributed by atoms with van der Waals surface area (Å²) in [4.78, 5) is 12.2. The molecule has 0 bridgehead atoms. The van der Waals surface area contributed by atoms with E-state index in [4.69, 9.17) is 27.9 Å². The standard InChI is InChI=1S/C21H17Cl2NO2/c22-19-11-6-15(14-20(19)23)21(25)12-13-24-16-7-9-18(10-8-16)26-17-4-2-1-3-5-17/h1-11,14,24H,12-13H2. The van der Waals surface area contributed by atoms with Gasteiger partial charge in [-0.15, -0.1) is 0 Å². The number of halogens is 2. The maximum atomic E-state index is 12.2. The van der Waals surface area contributed by atoms with Crippen molar-refractivity contribution in [3.63, 3.8) is 0 Å². The minimum Gasteiger partial charge on any atom is -0.457 e. The summed E-state index contributed by atoms with van der Waals surface area (Å²) >= 11 is 11.8. The summed E-state index contributed by atoms with van der Waals surface area (Å²) in [7, 11) is 0. The van der Waals surface area contributed by atoms with Gasteiger partial charge >= 0.3 is 0 Å². The summed E-state index contributed by atoms with van der Waals surface area (Å²) in [5.41, 5.74) is 1.49. The lowest BCUT2D eigenvalue weighted by Crippen LogP contribution is -2.08. The second-order valence-corrected chi connectivity index (χ2v) is 6.48. The average molecular weight is 386 g/mol. The fourth-order valence-electron chi connectivity index (χ4n) is 2.40. The Labute approximate surface area is 162 Å². The van der Waals surface area contributed by atoms with Crippen LogP contribution in [0, 0.1) is 0 Å². The third kappa shape index (κ3) is 5.01. The van der Waals surface area contributed by atoms with Crippen LogP contribution in [0.1, 0.15) is 16.8 Å². The van der Waals surface area contributed by atoms with Crippen molar-refractivity contribution in [2.45, 2.75) is 6.42 Å². The predicted octanol–water partition coefficient (Wildman–Crippen LogP) is 6.47. The lowest BCUT2D eigenvalue weighted by Gasteiger charge is -2.09. The molecule has 0 amide bonds. The number of rotatable bonds is 7. The molecule has 0 radical (unpaired) electrons. The molecule has 3 nitrogen and oxygen atoms in total. The molecule has 0 heterocycles. The van der Waals surface area contributed by atoms with Crippen molar-refractivity contribution in [3.8, 4) is 11.5 Å². The first-order valence-electron chi connectivity index (χ1n) is 8.17. The molecular formula is C21H17Cl2NO2. The van der Waals surface area contributed by atoms with Crippen LogP contribution >= 0.6 is 23.2 Å². The highest BCUT2D eigenvalue weighted by molar-refractivity contribution is 6.42. The number of ketones is 1. The van der Waals surface area contributed by atoms with E-state index in [0.29, 0.717) is 28.6 Å². The fourth-order valence-corrected chi connectivity index (χ4v) is 2.70. The van der Waals surface area contributed by atoms with Gasteiger partial charge in [0.2, 0.25) is 0 Å².